The standard InChI is InChI=1S/C20H27FN2O/c21-17-5-3-16(4-6-17)20(7-1-2-8-20)18(24)23-13-10-19(11-14-23)9-12-22-15-19/h3-6,22H,1-2,7-15H2. The van der Waals surface area contributed by atoms with E-state index >= 15 is 0 Å². The number of benzene rings is 1. The van der Waals surface area contributed by atoms with Crippen LogP contribution in [0.1, 0.15) is 50.5 Å². The topological polar surface area (TPSA) is 32.3 Å². The molecule has 2 aliphatic heterocycles. The molecule has 4 heteroatoms. The zero-order chi connectivity index (χ0) is 16.6. The summed E-state index contributed by atoms with van der Waals surface area (Å²) in [5, 5.41) is 3.48. The van der Waals surface area contributed by atoms with E-state index in [1.807, 2.05) is 12.1 Å². The number of amides is 1. The lowest BCUT2D eigenvalue weighted by molar-refractivity contribution is -0.139. The maximum atomic E-state index is 13.4. The Hall–Kier alpha value is -1.42. The number of piperidine rings is 1. The van der Waals surface area contributed by atoms with Crippen LogP contribution in [0.4, 0.5) is 4.39 Å². The lowest BCUT2D eigenvalue weighted by Gasteiger charge is -2.42. The van der Waals surface area contributed by atoms with Crippen LogP contribution < -0.4 is 5.32 Å². The minimum Gasteiger partial charge on any atom is -0.342 e. The third-order valence-electron chi connectivity index (χ3n) is 6.71. The summed E-state index contributed by atoms with van der Waals surface area (Å²) >= 11 is 0. The highest BCUT2D eigenvalue weighted by atomic mass is 19.1. The molecule has 130 valence electrons. The molecule has 1 N–H and O–H groups in total. The molecule has 3 fully saturated rings. The monoisotopic (exact) mass is 330 g/mol. The van der Waals surface area contributed by atoms with Gasteiger partial charge in [0, 0.05) is 19.6 Å². The summed E-state index contributed by atoms with van der Waals surface area (Å²) < 4.78 is 13.3. The van der Waals surface area contributed by atoms with Crippen LogP contribution >= 0.6 is 0 Å². The molecule has 1 aromatic carbocycles. The highest BCUT2D eigenvalue weighted by molar-refractivity contribution is 5.88. The van der Waals surface area contributed by atoms with E-state index in [9.17, 15) is 9.18 Å². The number of hydrogen-bond donors (Lipinski definition) is 1. The van der Waals surface area contributed by atoms with Gasteiger partial charge in [0.1, 0.15) is 5.82 Å². The third kappa shape index (κ3) is 2.65. The summed E-state index contributed by atoms with van der Waals surface area (Å²) in [6, 6.07) is 6.64. The van der Waals surface area contributed by atoms with Gasteiger partial charge in [-0.05, 0) is 61.8 Å². The Morgan fingerprint density at radius 1 is 1.00 bits per heavy atom. The number of carbonyl (C=O) groups is 1. The molecule has 1 aliphatic carbocycles. The van der Waals surface area contributed by atoms with E-state index in [4.69, 9.17) is 0 Å². The van der Waals surface area contributed by atoms with Gasteiger partial charge in [-0.25, -0.2) is 4.39 Å². The molecular formula is C20H27FN2O. The summed E-state index contributed by atoms with van der Waals surface area (Å²) in [5.41, 5.74) is 1.02. The first-order chi connectivity index (χ1) is 11.6. The Morgan fingerprint density at radius 2 is 1.67 bits per heavy atom. The average Bonchev–Trinajstić information content (AvgIpc) is 3.26. The van der Waals surface area contributed by atoms with Gasteiger partial charge in [0.15, 0.2) is 0 Å². The molecule has 1 aromatic rings. The normalized spacial score (nSPS) is 25.3. The molecule has 0 unspecified atom stereocenters. The van der Waals surface area contributed by atoms with Crippen LogP contribution in [0.3, 0.4) is 0 Å². The Labute approximate surface area is 143 Å². The molecule has 3 aliphatic rings. The van der Waals surface area contributed by atoms with E-state index < -0.39 is 5.41 Å². The van der Waals surface area contributed by atoms with Gasteiger partial charge >= 0.3 is 0 Å². The van der Waals surface area contributed by atoms with E-state index in [0.29, 0.717) is 5.41 Å². The minimum atomic E-state index is -0.411. The van der Waals surface area contributed by atoms with Crippen molar-refractivity contribution in [2.45, 2.75) is 50.4 Å². The molecule has 4 rings (SSSR count). The second-order valence-corrected chi connectivity index (χ2v) is 8.02. The highest BCUT2D eigenvalue weighted by Crippen LogP contribution is 2.44. The second-order valence-electron chi connectivity index (χ2n) is 8.02. The zero-order valence-corrected chi connectivity index (χ0v) is 14.3. The van der Waals surface area contributed by atoms with Gasteiger partial charge in [0.2, 0.25) is 5.91 Å². The SMILES string of the molecule is O=C(N1CCC2(CCNC2)CC1)C1(c2ccc(F)cc2)CCCC1. The van der Waals surface area contributed by atoms with E-state index in [1.165, 1.54) is 18.6 Å². The Morgan fingerprint density at radius 3 is 2.25 bits per heavy atom. The van der Waals surface area contributed by atoms with Crippen molar-refractivity contribution in [1.82, 2.24) is 10.2 Å². The smallest absolute Gasteiger partial charge is 0.233 e. The van der Waals surface area contributed by atoms with E-state index in [2.05, 4.69) is 10.2 Å². The van der Waals surface area contributed by atoms with Crippen LogP contribution in [0, 0.1) is 11.2 Å². The van der Waals surface area contributed by atoms with Gasteiger partial charge in [-0.3, -0.25) is 4.79 Å². The first-order valence-electron chi connectivity index (χ1n) is 9.40. The lowest BCUT2D eigenvalue weighted by Crippen LogP contribution is -2.51. The highest BCUT2D eigenvalue weighted by Gasteiger charge is 2.47. The Kier molecular flexibility index (Phi) is 4.11. The summed E-state index contributed by atoms with van der Waals surface area (Å²) in [6.07, 6.45) is 7.46. The number of nitrogens with zero attached hydrogens (tertiary/aromatic N) is 1. The van der Waals surface area contributed by atoms with Gasteiger partial charge in [-0.1, -0.05) is 25.0 Å². The molecule has 1 amide bonds. The molecule has 2 heterocycles. The fraction of sp³-hybridized carbons (Fsp3) is 0.650. The Balaban J connectivity index is 1.54. The molecule has 0 atom stereocenters. The van der Waals surface area contributed by atoms with E-state index in [-0.39, 0.29) is 11.7 Å². The van der Waals surface area contributed by atoms with Crippen molar-refractivity contribution in [2.24, 2.45) is 5.41 Å². The van der Waals surface area contributed by atoms with Gasteiger partial charge in [-0.2, -0.15) is 0 Å². The quantitative estimate of drug-likeness (QED) is 0.903. The molecule has 3 nitrogen and oxygen atoms in total. The van der Waals surface area contributed by atoms with Crippen LogP contribution in [-0.2, 0) is 10.2 Å². The van der Waals surface area contributed by atoms with Gasteiger partial charge in [0.25, 0.3) is 0 Å². The number of halogens is 1. The van der Waals surface area contributed by atoms with Crippen LogP contribution in [0.25, 0.3) is 0 Å². The summed E-state index contributed by atoms with van der Waals surface area (Å²) in [7, 11) is 0. The fourth-order valence-corrected chi connectivity index (χ4v) is 5.08. The maximum absolute atomic E-state index is 13.4. The predicted molar refractivity (Wildman–Crippen MR) is 92.3 cm³/mol. The zero-order valence-electron chi connectivity index (χ0n) is 14.3. The van der Waals surface area contributed by atoms with Crippen LogP contribution in [0.15, 0.2) is 24.3 Å². The van der Waals surface area contributed by atoms with Crippen LogP contribution in [0.2, 0.25) is 0 Å². The van der Waals surface area contributed by atoms with Crippen molar-refractivity contribution in [3.8, 4) is 0 Å². The molecule has 2 saturated heterocycles. The molecule has 0 bridgehead atoms. The lowest BCUT2D eigenvalue weighted by atomic mass is 9.74. The van der Waals surface area contributed by atoms with E-state index in [0.717, 1.165) is 70.3 Å². The predicted octanol–water partition coefficient (Wildman–Crippen LogP) is 3.24. The molecule has 0 radical (unpaired) electrons. The average molecular weight is 330 g/mol. The summed E-state index contributed by atoms with van der Waals surface area (Å²) in [4.78, 5) is 15.5. The molecule has 24 heavy (non-hydrogen) atoms. The van der Waals surface area contributed by atoms with Crippen LogP contribution in [0.5, 0.6) is 0 Å². The van der Waals surface area contributed by atoms with Crippen LogP contribution in [-0.4, -0.2) is 37.0 Å². The summed E-state index contributed by atoms with van der Waals surface area (Å²) in [5.74, 6) is 0.0559. The second kappa shape index (κ2) is 6.14. The molecule has 1 spiro atoms. The van der Waals surface area contributed by atoms with Crippen molar-refractivity contribution >= 4 is 5.91 Å². The maximum Gasteiger partial charge on any atom is 0.233 e. The van der Waals surface area contributed by atoms with E-state index in [1.54, 1.807) is 0 Å². The third-order valence-corrected chi connectivity index (χ3v) is 6.71. The Bertz CT molecular complexity index is 591. The largest absolute Gasteiger partial charge is 0.342 e. The van der Waals surface area contributed by atoms with Gasteiger partial charge < -0.3 is 10.2 Å². The first-order valence-corrected chi connectivity index (χ1v) is 9.40. The molecular weight excluding hydrogens is 303 g/mol. The number of hydrogen-bond acceptors (Lipinski definition) is 2. The fourth-order valence-electron chi connectivity index (χ4n) is 5.08. The van der Waals surface area contributed by atoms with Crippen molar-refractivity contribution in [1.29, 1.82) is 0 Å². The van der Waals surface area contributed by atoms with Crippen molar-refractivity contribution in [3.05, 3.63) is 35.6 Å². The van der Waals surface area contributed by atoms with Gasteiger partial charge in [-0.15, -0.1) is 0 Å². The van der Waals surface area contributed by atoms with Gasteiger partial charge in [0.05, 0.1) is 5.41 Å². The molecule has 0 aromatic heterocycles. The van der Waals surface area contributed by atoms with Crippen molar-refractivity contribution in [3.63, 3.8) is 0 Å². The summed E-state index contributed by atoms with van der Waals surface area (Å²) in [6.45, 7) is 3.98. The van der Waals surface area contributed by atoms with Crippen molar-refractivity contribution < 1.29 is 9.18 Å². The first kappa shape index (κ1) is 16.1. The van der Waals surface area contributed by atoms with Crippen molar-refractivity contribution in [2.75, 3.05) is 26.2 Å². The number of rotatable bonds is 2. The number of nitrogens with one attached hydrogen (secondary N) is 1. The minimum absolute atomic E-state index is 0.229. The molecule has 1 saturated carbocycles. The number of likely N-dealkylation sites (tertiary alicyclic amines) is 1. The number of carbonyl (C=O) groups excluding carboxylic acids is 1.